The molecule has 2 aromatic rings. The summed E-state index contributed by atoms with van der Waals surface area (Å²) in [4.78, 5) is 5.18. The van der Waals surface area contributed by atoms with Crippen LogP contribution in [0.15, 0.2) is 58.3 Å². The van der Waals surface area contributed by atoms with E-state index < -0.39 is 20.0 Å². The second-order valence-electron chi connectivity index (χ2n) is 10.4. The maximum absolute atomic E-state index is 12.6. The summed E-state index contributed by atoms with van der Waals surface area (Å²) in [6.45, 7) is 12.4. The molecule has 3 rings (SSSR count). The Balaban J connectivity index is 1.30. The minimum absolute atomic E-state index is 0.0186. The number of nitrogens with zero attached hydrogens (tertiary/aromatic N) is 2. The molecule has 1 fully saturated rings. The predicted octanol–water partition coefficient (Wildman–Crippen LogP) is 3.29. The van der Waals surface area contributed by atoms with Crippen LogP contribution in [0.25, 0.3) is 0 Å². The number of piperazine rings is 1. The van der Waals surface area contributed by atoms with Crippen molar-refractivity contribution >= 4 is 31.6 Å². The lowest BCUT2D eigenvalue weighted by atomic mass is 9.87. The van der Waals surface area contributed by atoms with E-state index in [2.05, 4.69) is 40.0 Å². The van der Waals surface area contributed by atoms with Gasteiger partial charge in [-0.05, 0) is 73.3 Å². The van der Waals surface area contributed by atoms with Crippen LogP contribution in [0, 0.1) is 0 Å². The van der Waals surface area contributed by atoms with E-state index in [0.717, 1.165) is 57.7 Å². The number of rotatable bonds is 12. The Morgan fingerprint density at radius 1 is 0.703 bits per heavy atom. The molecule has 0 amide bonds. The van der Waals surface area contributed by atoms with Crippen LogP contribution in [-0.2, 0) is 25.5 Å². The van der Waals surface area contributed by atoms with Crippen LogP contribution in [0.5, 0.6) is 0 Å². The van der Waals surface area contributed by atoms with Gasteiger partial charge in [0.1, 0.15) is 0 Å². The fraction of sp³-hybridized carbons (Fsp3) is 0.538. The summed E-state index contributed by atoms with van der Waals surface area (Å²) in [5.74, 6) is 0. The Morgan fingerprint density at radius 3 is 1.46 bits per heavy atom. The van der Waals surface area contributed by atoms with E-state index in [9.17, 15) is 16.8 Å². The van der Waals surface area contributed by atoms with Gasteiger partial charge in [-0.15, -0.1) is 0 Å². The second kappa shape index (κ2) is 13.0. The summed E-state index contributed by atoms with van der Waals surface area (Å²) in [7, 11) is -7.03. The number of hydrogen-bond acceptors (Lipinski definition) is 6. The van der Waals surface area contributed by atoms with Crippen molar-refractivity contribution in [2.45, 2.75) is 48.8 Å². The number of halogens is 1. The van der Waals surface area contributed by atoms with Crippen LogP contribution >= 0.6 is 11.6 Å². The molecule has 0 aromatic heterocycles. The zero-order valence-corrected chi connectivity index (χ0v) is 24.3. The molecule has 2 N–H and O–H groups in total. The Bertz CT molecular complexity index is 1200. The SMILES string of the molecule is CC(C)(C)c1ccc(S(=O)(=O)NCCCN2CCN(CCCNS(=O)(=O)c3ccc(Cl)cc3)CC2)cc1. The van der Waals surface area contributed by atoms with Crippen LogP contribution in [0.2, 0.25) is 5.02 Å². The molecule has 0 aliphatic carbocycles. The molecule has 206 valence electrons. The molecule has 1 aliphatic heterocycles. The monoisotopic (exact) mass is 570 g/mol. The Morgan fingerprint density at radius 2 is 1.08 bits per heavy atom. The van der Waals surface area contributed by atoms with Crippen molar-refractivity contribution in [1.82, 2.24) is 19.2 Å². The zero-order valence-electron chi connectivity index (χ0n) is 21.9. The first kappa shape index (κ1) is 30.0. The van der Waals surface area contributed by atoms with E-state index in [1.54, 1.807) is 24.3 Å². The number of hydrogen-bond donors (Lipinski definition) is 2. The van der Waals surface area contributed by atoms with Crippen molar-refractivity contribution in [2.24, 2.45) is 0 Å². The molecular weight excluding hydrogens is 532 g/mol. The smallest absolute Gasteiger partial charge is 0.240 e. The molecule has 0 bridgehead atoms. The van der Waals surface area contributed by atoms with Crippen LogP contribution in [0.4, 0.5) is 0 Å². The number of sulfonamides is 2. The minimum atomic E-state index is -3.52. The van der Waals surface area contributed by atoms with Gasteiger partial charge in [0.2, 0.25) is 20.0 Å². The van der Waals surface area contributed by atoms with E-state index in [1.807, 2.05) is 12.1 Å². The zero-order chi connectivity index (χ0) is 27.1. The lowest BCUT2D eigenvalue weighted by molar-refractivity contribution is 0.131. The molecule has 0 radical (unpaired) electrons. The summed E-state index contributed by atoms with van der Waals surface area (Å²) >= 11 is 5.83. The Labute approximate surface area is 227 Å². The second-order valence-corrected chi connectivity index (χ2v) is 14.4. The average molecular weight is 571 g/mol. The fourth-order valence-corrected chi connectivity index (χ4v) is 6.44. The topological polar surface area (TPSA) is 98.8 Å². The van der Waals surface area contributed by atoms with Crippen LogP contribution < -0.4 is 9.44 Å². The molecule has 37 heavy (non-hydrogen) atoms. The highest BCUT2D eigenvalue weighted by Gasteiger charge is 2.19. The van der Waals surface area contributed by atoms with E-state index in [4.69, 9.17) is 11.6 Å². The van der Waals surface area contributed by atoms with Crippen LogP contribution in [-0.4, -0.2) is 79.0 Å². The molecule has 11 heteroatoms. The van der Waals surface area contributed by atoms with Crippen molar-refractivity contribution in [3.05, 3.63) is 59.1 Å². The molecular formula is C26H39ClN4O4S2. The molecule has 0 atom stereocenters. The van der Waals surface area contributed by atoms with Crippen LogP contribution in [0.1, 0.15) is 39.2 Å². The largest absolute Gasteiger partial charge is 0.301 e. The van der Waals surface area contributed by atoms with E-state index in [-0.39, 0.29) is 10.3 Å². The van der Waals surface area contributed by atoms with Crippen molar-refractivity contribution < 1.29 is 16.8 Å². The Kier molecular flexibility index (Phi) is 10.6. The van der Waals surface area contributed by atoms with Gasteiger partial charge < -0.3 is 9.80 Å². The quantitative estimate of drug-likeness (QED) is 0.380. The van der Waals surface area contributed by atoms with E-state index in [0.29, 0.717) is 23.0 Å². The number of nitrogens with one attached hydrogen (secondary N) is 2. The molecule has 1 aliphatic rings. The van der Waals surface area contributed by atoms with Gasteiger partial charge in [-0.25, -0.2) is 26.3 Å². The molecule has 1 saturated heterocycles. The molecule has 8 nitrogen and oxygen atoms in total. The van der Waals surface area contributed by atoms with Gasteiger partial charge in [-0.2, -0.15) is 0 Å². The maximum Gasteiger partial charge on any atom is 0.240 e. The molecule has 0 unspecified atom stereocenters. The van der Waals surface area contributed by atoms with Gasteiger partial charge in [0.25, 0.3) is 0 Å². The van der Waals surface area contributed by atoms with Crippen molar-refractivity contribution in [2.75, 3.05) is 52.4 Å². The highest BCUT2D eigenvalue weighted by atomic mass is 35.5. The molecule has 0 saturated carbocycles. The Hall–Kier alpha value is -1.53. The maximum atomic E-state index is 12.6. The summed E-state index contributed by atoms with van der Waals surface area (Å²) in [6.07, 6.45) is 1.47. The lowest BCUT2D eigenvalue weighted by Gasteiger charge is -2.34. The number of benzene rings is 2. The third kappa shape index (κ3) is 9.31. The first-order chi connectivity index (χ1) is 17.4. The highest BCUT2D eigenvalue weighted by Crippen LogP contribution is 2.23. The fourth-order valence-electron chi connectivity index (χ4n) is 4.17. The molecule has 0 spiro atoms. The third-order valence-electron chi connectivity index (χ3n) is 6.51. The summed E-state index contributed by atoms with van der Waals surface area (Å²) < 4.78 is 55.2. The summed E-state index contributed by atoms with van der Waals surface area (Å²) in [6, 6.07) is 13.2. The predicted molar refractivity (Wildman–Crippen MR) is 149 cm³/mol. The third-order valence-corrected chi connectivity index (χ3v) is 9.71. The normalized spacial score (nSPS) is 16.2. The summed E-state index contributed by atoms with van der Waals surface area (Å²) in [5.41, 5.74) is 1.08. The van der Waals surface area contributed by atoms with Crippen molar-refractivity contribution in [3.63, 3.8) is 0 Å². The molecule has 1 heterocycles. The van der Waals surface area contributed by atoms with E-state index in [1.165, 1.54) is 12.1 Å². The van der Waals surface area contributed by atoms with Crippen LogP contribution in [0.3, 0.4) is 0 Å². The average Bonchev–Trinajstić information content (AvgIpc) is 2.85. The minimum Gasteiger partial charge on any atom is -0.301 e. The lowest BCUT2D eigenvalue weighted by Crippen LogP contribution is -2.47. The van der Waals surface area contributed by atoms with Crippen molar-refractivity contribution in [1.29, 1.82) is 0 Å². The first-order valence-electron chi connectivity index (χ1n) is 12.7. The first-order valence-corrected chi connectivity index (χ1v) is 16.0. The standard InChI is InChI=1S/C26H39ClN4O4S2/c1-26(2,3)22-6-10-24(11-7-22)36(32,33)28-14-4-16-30-18-20-31(21-19-30)17-5-15-29-37(34,35)25-12-8-23(27)9-13-25/h6-13,28-29H,4-5,14-21H2,1-3H3. The summed E-state index contributed by atoms with van der Waals surface area (Å²) in [5, 5.41) is 0.501. The molecule has 2 aromatic carbocycles. The van der Waals surface area contributed by atoms with Gasteiger partial charge in [0.05, 0.1) is 9.79 Å². The van der Waals surface area contributed by atoms with Gasteiger partial charge in [0.15, 0.2) is 0 Å². The highest BCUT2D eigenvalue weighted by molar-refractivity contribution is 7.89. The van der Waals surface area contributed by atoms with Gasteiger partial charge in [-0.3, -0.25) is 0 Å². The van der Waals surface area contributed by atoms with Gasteiger partial charge >= 0.3 is 0 Å². The van der Waals surface area contributed by atoms with Gasteiger partial charge in [-0.1, -0.05) is 44.5 Å². The van der Waals surface area contributed by atoms with Gasteiger partial charge in [0, 0.05) is 44.3 Å². The van der Waals surface area contributed by atoms with Crippen molar-refractivity contribution in [3.8, 4) is 0 Å². The van der Waals surface area contributed by atoms with E-state index >= 15 is 0 Å².